The van der Waals surface area contributed by atoms with Crippen LogP contribution in [0.2, 0.25) is 0 Å². The number of amides is 1. The van der Waals surface area contributed by atoms with E-state index in [1.807, 2.05) is 23.1 Å². The van der Waals surface area contributed by atoms with E-state index in [9.17, 15) is 4.79 Å². The van der Waals surface area contributed by atoms with Gasteiger partial charge in [0, 0.05) is 51.3 Å². The minimum Gasteiger partial charge on any atom is -0.493 e. The van der Waals surface area contributed by atoms with Crippen molar-refractivity contribution in [1.29, 1.82) is 0 Å². The Hall–Kier alpha value is -2.41. The molecular formula is C27H37N3O3. The van der Waals surface area contributed by atoms with E-state index in [0.29, 0.717) is 26.2 Å². The van der Waals surface area contributed by atoms with Crippen molar-refractivity contribution >= 4 is 5.91 Å². The second kappa shape index (κ2) is 11.6. The summed E-state index contributed by atoms with van der Waals surface area (Å²) in [6, 6.07) is 14.7. The number of piperazine rings is 1. The number of rotatable bonds is 3. The summed E-state index contributed by atoms with van der Waals surface area (Å²) >= 11 is 0. The predicted octanol–water partition coefficient (Wildman–Crippen LogP) is 3.02. The highest BCUT2D eigenvalue weighted by Gasteiger charge is 2.22. The molecule has 6 heteroatoms. The number of fused-ring (bicyclic) bond motifs is 3. The first-order valence-electron chi connectivity index (χ1n) is 12.3. The third kappa shape index (κ3) is 6.56. The molecule has 0 aromatic heterocycles. The van der Waals surface area contributed by atoms with E-state index in [1.165, 1.54) is 17.5 Å². The molecule has 0 aliphatic carbocycles. The fraction of sp³-hybridized carbons (Fsp3) is 0.519. The maximum atomic E-state index is 13.2. The fourth-order valence-electron chi connectivity index (χ4n) is 4.78. The summed E-state index contributed by atoms with van der Waals surface area (Å²) < 4.78 is 6.18. The first-order valence-corrected chi connectivity index (χ1v) is 12.3. The van der Waals surface area contributed by atoms with Gasteiger partial charge in [0.15, 0.2) is 0 Å². The lowest BCUT2D eigenvalue weighted by Gasteiger charge is -2.34. The summed E-state index contributed by atoms with van der Waals surface area (Å²) in [5, 5.41) is 9.15. The maximum absolute atomic E-state index is 13.2. The normalized spacial score (nSPS) is 18.8. The molecule has 1 N–H and O–H groups in total. The number of nitrogens with zero attached hydrogens (tertiary/aromatic N) is 3. The van der Waals surface area contributed by atoms with E-state index in [2.05, 4.69) is 41.1 Å². The van der Waals surface area contributed by atoms with Crippen LogP contribution in [0.25, 0.3) is 0 Å². The van der Waals surface area contributed by atoms with Crippen LogP contribution in [0.15, 0.2) is 42.5 Å². The van der Waals surface area contributed by atoms with Gasteiger partial charge in [0.05, 0.1) is 13.2 Å². The van der Waals surface area contributed by atoms with Crippen molar-refractivity contribution < 1.29 is 14.6 Å². The zero-order valence-corrected chi connectivity index (χ0v) is 19.8. The van der Waals surface area contributed by atoms with Gasteiger partial charge in [-0.2, -0.15) is 0 Å². The topological polar surface area (TPSA) is 56.2 Å². The number of aliphatic hydroxyl groups is 1. The third-order valence-electron chi connectivity index (χ3n) is 6.66. The highest BCUT2D eigenvalue weighted by molar-refractivity contribution is 5.94. The number of benzene rings is 2. The van der Waals surface area contributed by atoms with Gasteiger partial charge in [0.1, 0.15) is 5.75 Å². The van der Waals surface area contributed by atoms with E-state index >= 15 is 0 Å². The molecule has 2 aliphatic rings. The first-order chi connectivity index (χ1) is 16.1. The lowest BCUT2D eigenvalue weighted by Crippen LogP contribution is -2.49. The molecule has 33 heavy (non-hydrogen) atoms. The van der Waals surface area contributed by atoms with E-state index < -0.39 is 0 Å². The highest BCUT2D eigenvalue weighted by Crippen LogP contribution is 2.26. The molecule has 2 aromatic rings. The molecule has 1 saturated heterocycles. The number of hydrogen-bond acceptors (Lipinski definition) is 5. The molecule has 0 saturated carbocycles. The van der Waals surface area contributed by atoms with Crippen LogP contribution in [0.4, 0.5) is 0 Å². The van der Waals surface area contributed by atoms with Crippen molar-refractivity contribution in [3.8, 4) is 5.75 Å². The van der Waals surface area contributed by atoms with Crippen molar-refractivity contribution in [1.82, 2.24) is 14.7 Å². The van der Waals surface area contributed by atoms with Crippen LogP contribution in [0.3, 0.4) is 0 Å². The third-order valence-corrected chi connectivity index (χ3v) is 6.66. The van der Waals surface area contributed by atoms with Gasteiger partial charge in [-0.3, -0.25) is 9.69 Å². The van der Waals surface area contributed by atoms with Crippen molar-refractivity contribution in [2.45, 2.75) is 32.2 Å². The van der Waals surface area contributed by atoms with E-state index in [0.717, 1.165) is 62.3 Å². The quantitative estimate of drug-likeness (QED) is 0.778. The lowest BCUT2D eigenvalue weighted by molar-refractivity contribution is 0.0615. The highest BCUT2D eigenvalue weighted by atomic mass is 16.5. The van der Waals surface area contributed by atoms with Gasteiger partial charge >= 0.3 is 0 Å². The van der Waals surface area contributed by atoms with E-state index in [4.69, 9.17) is 9.84 Å². The smallest absolute Gasteiger partial charge is 0.253 e. The number of β-amino-alcohol motifs (C(OH)–C–C–N with tert-alkyl or cyclic N) is 1. The van der Waals surface area contributed by atoms with Crippen molar-refractivity contribution in [3.63, 3.8) is 0 Å². The SMILES string of the molecule is CN1CCCCCOc2ccc(C(=O)N3CCN(CCO)CC3)cc2Cc2cccc(c2)C1. The maximum Gasteiger partial charge on any atom is 0.253 e. The van der Waals surface area contributed by atoms with Crippen molar-refractivity contribution in [2.75, 3.05) is 59.5 Å². The lowest BCUT2D eigenvalue weighted by atomic mass is 9.99. The molecule has 1 amide bonds. The average molecular weight is 452 g/mol. The molecular weight excluding hydrogens is 414 g/mol. The molecule has 0 unspecified atom stereocenters. The Labute approximate surface area is 197 Å². The van der Waals surface area contributed by atoms with Crippen molar-refractivity contribution in [2.24, 2.45) is 0 Å². The summed E-state index contributed by atoms with van der Waals surface area (Å²) in [6.07, 6.45) is 4.11. The Morgan fingerprint density at radius 1 is 0.970 bits per heavy atom. The van der Waals surface area contributed by atoms with Gasteiger partial charge < -0.3 is 19.6 Å². The second-order valence-electron chi connectivity index (χ2n) is 9.32. The molecule has 0 atom stereocenters. The van der Waals surface area contributed by atoms with Crippen LogP contribution in [0.5, 0.6) is 5.75 Å². The van der Waals surface area contributed by atoms with E-state index in [1.54, 1.807) is 0 Å². The summed E-state index contributed by atoms with van der Waals surface area (Å²) in [5.74, 6) is 0.968. The first kappa shape index (κ1) is 23.7. The minimum absolute atomic E-state index is 0.0798. The van der Waals surface area contributed by atoms with Crippen molar-refractivity contribution in [3.05, 3.63) is 64.7 Å². The number of carbonyl (C=O) groups excluding carboxylic acids is 1. The van der Waals surface area contributed by atoms with Crippen LogP contribution in [-0.2, 0) is 13.0 Å². The van der Waals surface area contributed by atoms with Crippen LogP contribution in [-0.4, -0.2) is 85.2 Å². The van der Waals surface area contributed by atoms with Gasteiger partial charge in [0.2, 0.25) is 0 Å². The van der Waals surface area contributed by atoms with Crippen LogP contribution in [0.1, 0.15) is 46.3 Å². The van der Waals surface area contributed by atoms with Crippen LogP contribution >= 0.6 is 0 Å². The summed E-state index contributed by atoms with van der Waals surface area (Å²) in [7, 11) is 2.19. The van der Waals surface area contributed by atoms with Gasteiger partial charge in [-0.1, -0.05) is 24.3 Å². The molecule has 2 aromatic carbocycles. The summed E-state index contributed by atoms with van der Waals surface area (Å²) in [4.78, 5) is 19.7. The Bertz CT molecular complexity index is 925. The van der Waals surface area contributed by atoms with Gasteiger partial charge in [0.25, 0.3) is 5.91 Å². The number of aliphatic hydroxyl groups excluding tert-OH is 1. The van der Waals surface area contributed by atoms with Gasteiger partial charge in [-0.25, -0.2) is 0 Å². The molecule has 2 heterocycles. The molecule has 2 bridgehead atoms. The average Bonchev–Trinajstić information content (AvgIpc) is 2.82. The summed E-state index contributed by atoms with van der Waals surface area (Å²) in [5.41, 5.74) is 4.36. The minimum atomic E-state index is 0.0798. The standard InChI is InChI=1S/C27H37N3O3/c1-28-10-3-2-4-17-33-26-9-8-24(27(32)30-13-11-29(12-14-30)15-16-31)20-25(26)19-22-6-5-7-23(18-22)21-28/h5-9,18,20,31H,2-4,10-17,19,21H2,1H3. The number of ether oxygens (including phenoxy) is 1. The molecule has 0 spiro atoms. The van der Waals surface area contributed by atoms with Gasteiger partial charge in [-0.05, 0) is 67.7 Å². The van der Waals surface area contributed by atoms with Crippen LogP contribution in [0, 0.1) is 0 Å². The zero-order chi connectivity index (χ0) is 23.0. The molecule has 6 nitrogen and oxygen atoms in total. The van der Waals surface area contributed by atoms with E-state index in [-0.39, 0.29) is 12.5 Å². The molecule has 0 radical (unpaired) electrons. The molecule has 178 valence electrons. The molecule has 2 aliphatic heterocycles. The number of hydrogen-bond donors (Lipinski definition) is 1. The molecule has 4 rings (SSSR count). The fourth-order valence-corrected chi connectivity index (χ4v) is 4.78. The second-order valence-corrected chi connectivity index (χ2v) is 9.32. The largest absolute Gasteiger partial charge is 0.493 e. The Morgan fingerprint density at radius 2 is 1.79 bits per heavy atom. The molecule has 1 fully saturated rings. The zero-order valence-electron chi connectivity index (χ0n) is 19.8. The van der Waals surface area contributed by atoms with Gasteiger partial charge in [-0.15, -0.1) is 0 Å². The Kier molecular flexibility index (Phi) is 8.37. The Morgan fingerprint density at radius 3 is 2.61 bits per heavy atom. The summed E-state index contributed by atoms with van der Waals surface area (Å²) in [6.45, 7) is 6.60. The monoisotopic (exact) mass is 451 g/mol. The predicted molar refractivity (Wildman–Crippen MR) is 131 cm³/mol. The number of carbonyl (C=O) groups is 1. The van der Waals surface area contributed by atoms with Crippen LogP contribution < -0.4 is 4.74 Å². The Balaban J connectivity index is 1.54.